The van der Waals surface area contributed by atoms with Crippen molar-refractivity contribution < 1.29 is 13.2 Å². The van der Waals surface area contributed by atoms with E-state index in [0.29, 0.717) is 6.42 Å². The summed E-state index contributed by atoms with van der Waals surface area (Å²) in [5, 5.41) is 7.73. The third-order valence-electron chi connectivity index (χ3n) is 2.91. The Morgan fingerprint density at radius 3 is 2.35 bits per heavy atom. The van der Waals surface area contributed by atoms with Crippen LogP contribution in [0.4, 0.5) is 0 Å². The van der Waals surface area contributed by atoms with E-state index in [1.807, 2.05) is 20.8 Å². The van der Waals surface area contributed by atoms with E-state index >= 15 is 0 Å². The fourth-order valence-corrected chi connectivity index (χ4v) is 2.40. The lowest BCUT2D eigenvalue weighted by molar-refractivity contribution is 0.0911. The van der Waals surface area contributed by atoms with Crippen molar-refractivity contribution in [1.29, 1.82) is 0 Å². The zero-order valence-electron chi connectivity index (χ0n) is 11.3. The number of primary sulfonamides is 1. The summed E-state index contributed by atoms with van der Waals surface area (Å²) in [4.78, 5) is 11.9. The minimum Gasteiger partial charge on any atom is -0.347 e. The molecule has 0 heterocycles. The molecule has 5 nitrogen and oxygen atoms in total. The summed E-state index contributed by atoms with van der Waals surface area (Å²) < 4.78 is 22.7. The monoisotopic (exact) mass is 338 g/mol. The van der Waals surface area contributed by atoms with Crippen molar-refractivity contribution in [3.63, 3.8) is 0 Å². The minimum absolute atomic E-state index is 0.0107. The second-order valence-corrected chi connectivity index (χ2v) is 7.35. The van der Waals surface area contributed by atoms with Crippen LogP contribution >= 0.6 is 23.2 Å². The lowest BCUT2D eigenvalue weighted by atomic mass is 10.0. The maximum atomic E-state index is 12.2. The second kappa shape index (κ2) is 5.89. The minimum atomic E-state index is -3.97. The first-order chi connectivity index (χ1) is 8.98. The van der Waals surface area contributed by atoms with E-state index < -0.39 is 21.5 Å². The SMILES string of the molecule is CCC(C)(C)NC(=O)c1cc(S(N)(=O)=O)cc(Cl)c1Cl. The highest BCUT2D eigenvalue weighted by Crippen LogP contribution is 2.29. The van der Waals surface area contributed by atoms with Crippen molar-refractivity contribution in [2.45, 2.75) is 37.6 Å². The molecule has 0 saturated heterocycles. The average Bonchev–Trinajstić information content (AvgIpc) is 2.30. The van der Waals surface area contributed by atoms with Gasteiger partial charge in [0, 0.05) is 5.54 Å². The molecule has 3 N–H and O–H groups in total. The van der Waals surface area contributed by atoms with Gasteiger partial charge in [0.05, 0.1) is 20.5 Å². The van der Waals surface area contributed by atoms with Gasteiger partial charge in [0.2, 0.25) is 10.0 Å². The Hall–Kier alpha value is -0.820. The van der Waals surface area contributed by atoms with Crippen LogP contribution in [0.2, 0.25) is 10.0 Å². The number of nitrogens with two attached hydrogens (primary N) is 1. The normalized spacial score (nSPS) is 12.3. The molecule has 112 valence electrons. The van der Waals surface area contributed by atoms with Gasteiger partial charge in [-0.1, -0.05) is 30.1 Å². The summed E-state index contributed by atoms with van der Waals surface area (Å²) in [6.07, 6.45) is 0.693. The van der Waals surface area contributed by atoms with Crippen LogP contribution < -0.4 is 10.5 Å². The molecule has 0 aliphatic rings. The van der Waals surface area contributed by atoms with Crippen molar-refractivity contribution in [2.24, 2.45) is 5.14 Å². The Labute approximate surface area is 128 Å². The average molecular weight is 339 g/mol. The second-order valence-electron chi connectivity index (χ2n) is 5.00. The molecular formula is C12H16Cl2N2O3S. The van der Waals surface area contributed by atoms with Crippen molar-refractivity contribution in [1.82, 2.24) is 5.32 Å². The number of amides is 1. The molecule has 0 aromatic heterocycles. The van der Waals surface area contributed by atoms with Gasteiger partial charge in [-0.3, -0.25) is 4.79 Å². The van der Waals surface area contributed by atoms with Gasteiger partial charge >= 0.3 is 0 Å². The van der Waals surface area contributed by atoms with Crippen LogP contribution in [-0.2, 0) is 10.0 Å². The van der Waals surface area contributed by atoms with Gasteiger partial charge in [-0.05, 0) is 32.4 Å². The fraction of sp³-hybridized carbons (Fsp3) is 0.417. The van der Waals surface area contributed by atoms with E-state index in [-0.39, 0.29) is 20.5 Å². The van der Waals surface area contributed by atoms with Crippen LogP contribution in [0.5, 0.6) is 0 Å². The van der Waals surface area contributed by atoms with Gasteiger partial charge in [0.1, 0.15) is 0 Å². The van der Waals surface area contributed by atoms with Crippen molar-refractivity contribution in [3.05, 3.63) is 27.7 Å². The molecule has 0 unspecified atom stereocenters. The van der Waals surface area contributed by atoms with Crippen LogP contribution in [-0.4, -0.2) is 19.9 Å². The Bertz CT molecular complexity index is 642. The summed E-state index contributed by atoms with van der Waals surface area (Å²) >= 11 is 11.8. The van der Waals surface area contributed by atoms with Gasteiger partial charge in [-0.2, -0.15) is 0 Å². The van der Waals surface area contributed by atoms with E-state index in [4.69, 9.17) is 28.3 Å². The molecule has 1 aromatic rings. The first-order valence-corrected chi connectivity index (χ1v) is 8.12. The van der Waals surface area contributed by atoms with E-state index in [0.717, 1.165) is 12.1 Å². The Balaban J connectivity index is 3.31. The molecule has 8 heteroatoms. The highest BCUT2D eigenvalue weighted by Gasteiger charge is 2.23. The molecule has 0 atom stereocenters. The van der Waals surface area contributed by atoms with Crippen molar-refractivity contribution >= 4 is 39.1 Å². The maximum Gasteiger partial charge on any atom is 0.253 e. The summed E-state index contributed by atoms with van der Waals surface area (Å²) in [7, 11) is -3.97. The predicted molar refractivity (Wildman–Crippen MR) is 79.7 cm³/mol. The van der Waals surface area contributed by atoms with E-state index in [2.05, 4.69) is 5.32 Å². The highest BCUT2D eigenvalue weighted by atomic mass is 35.5. The Morgan fingerprint density at radius 2 is 1.90 bits per heavy atom. The molecule has 1 aromatic carbocycles. The standard InChI is InChI=1S/C12H16Cl2N2O3S/c1-4-12(2,3)16-11(17)8-5-7(20(15,18)19)6-9(13)10(8)14/h5-6H,4H2,1-3H3,(H,16,17)(H2,15,18,19). The number of benzene rings is 1. The van der Waals surface area contributed by atoms with Gasteiger partial charge in [-0.25, -0.2) is 13.6 Å². The number of hydrogen-bond acceptors (Lipinski definition) is 3. The molecule has 0 bridgehead atoms. The molecule has 0 fully saturated rings. The fourth-order valence-electron chi connectivity index (χ4n) is 1.36. The number of halogens is 2. The Morgan fingerprint density at radius 1 is 1.35 bits per heavy atom. The van der Waals surface area contributed by atoms with Crippen molar-refractivity contribution in [3.8, 4) is 0 Å². The maximum absolute atomic E-state index is 12.2. The summed E-state index contributed by atoms with van der Waals surface area (Å²) in [5.74, 6) is -0.505. The van der Waals surface area contributed by atoms with E-state index in [9.17, 15) is 13.2 Å². The Kier molecular flexibility index (Phi) is 5.08. The lowest BCUT2D eigenvalue weighted by Crippen LogP contribution is -2.42. The molecule has 0 aliphatic carbocycles. The molecule has 0 radical (unpaired) electrons. The number of carbonyl (C=O) groups excluding carboxylic acids is 1. The largest absolute Gasteiger partial charge is 0.347 e. The topological polar surface area (TPSA) is 89.3 Å². The molecule has 0 saturated carbocycles. The van der Waals surface area contributed by atoms with E-state index in [1.54, 1.807) is 0 Å². The van der Waals surface area contributed by atoms with Gasteiger partial charge in [0.25, 0.3) is 5.91 Å². The summed E-state index contributed by atoms with van der Waals surface area (Å²) in [6, 6.07) is 2.23. The molecular weight excluding hydrogens is 323 g/mol. The van der Waals surface area contributed by atoms with Crippen molar-refractivity contribution in [2.75, 3.05) is 0 Å². The first kappa shape index (κ1) is 17.2. The zero-order valence-corrected chi connectivity index (χ0v) is 13.7. The summed E-state index contributed by atoms with van der Waals surface area (Å²) in [5.41, 5.74) is -0.477. The predicted octanol–water partition coefficient (Wildman–Crippen LogP) is 2.56. The molecule has 1 amide bonds. The van der Waals surface area contributed by atoms with Gasteiger partial charge < -0.3 is 5.32 Å². The van der Waals surface area contributed by atoms with Crippen LogP contribution in [0.25, 0.3) is 0 Å². The highest BCUT2D eigenvalue weighted by molar-refractivity contribution is 7.89. The van der Waals surface area contributed by atoms with Crippen LogP contribution in [0.1, 0.15) is 37.6 Å². The van der Waals surface area contributed by atoms with Crippen LogP contribution in [0.3, 0.4) is 0 Å². The molecule has 0 spiro atoms. The number of nitrogens with one attached hydrogen (secondary N) is 1. The van der Waals surface area contributed by atoms with Crippen LogP contribution in [0, 0.1) is 0 Å². The smallest absolute Gasteiger partial charge is 0.253 e. The number of rotatable bonds is 4. The molecule has 20 heavy (non-hydrogen) atoms. The third-order valence-corrected chi connectivity index (χ3v) is 4.61. The summed E-state index contributed by atoms with van der Waals surface area (Å²) in [6.45, 7) is 5.59. The molecule has 1 rings (SSSR count). The van der Waals surface area contributed by atoms with Gasteiger partial charge in [0.15, 0.2) is 0 Å². The number of sulfonamides is 1. The van der Waals surface area contributed by atoms with Gasteiger partial charge in [-0.15, -0.1) is 0 Å². The molecule has 0 aliphatic heterocycles. The zero-order chi connectivity index (χ0) is 15.7. The quantitative estimate of drug-likeness (QED) is 0.883. The van der Waals surface area contributed by atoms with Crippen LogP contribution in [0.15, 0.2) is 17.0 Å². The third kappa shape index (κ3) is 4.09. The number of hydrogen-bond donors (Lipinski definition) is 2. The first-order valence-electron chi connectivity index (χ1n) is 5.82. The lowest BCUT2D eigenvalue weighted by Gasteiger charge is -2.25. The van der Waals surface area contributed by atoms with E-state index in [1.165, 1.54) is 0 Å². The number of carbonyl (C=O) groups is 1.